The van der Waals surface area contributed by atoms with Crippen molar-refractivity contribution >= 4 is 29.3 Å². The molecule has 0 spiro atoms. The van der Waals surface area contributed by atoms with E-state index in [0.717, 1.165) is 5.56 Å². The Hall–Kier alpha value is -4.26. The van der Waals surface area contributed by atoms with Crippen LogP contribution in [0.1, 0.15) is 42.3 Å². The van der Waals surface area contributed by atoms with Gasteiger partial charge in [-0.1, -0.05) is 63.2 Å². The monoisotopic (exact) mass is 443 g/mol. The fourth-order valence-electron chi connectivity index (χ4n) is 3.09. The van der Waals surface area contributed by atoms with Gasteiger partial charge in [0.25, 0.3) is 17.5 Å². The number of hydrogen-bond acceptors (Lipinski definition) is 4. The predicted octanol–water partition coefficient (Wildman–Crippen LogP) is 5.30. The van der Waals surface area contributed by atoms with Crippen molar-refractivity contribution in [2.75, 3.05) is 5.32 Å². The molecule has 0 radical (unpaired) electrons. The van der Waals surface area contributed by atoms with Crippen LogP contribution >= 0.6 is 0 Å². The Morgan fingerprint density at radius 1 is 0.909 bits per heavy atom. The molecule has 2 amide bonds. The molecule has 168 valence electrons. The van der Waals surface area contributed by atoms with Crippen molar-refractivity contribution in [1.82, 2.24) is 5.32 Å². The molecule has 3 rings (SSSR count). The van der Waals surface area contributed by atoms with E-state index in [1.807, 2.05) is 18.2 Å². The standard InChI is InChI=1S/C26H25N3O4/c1-26(2,3)20-14-12-19(13-15-20)24(30)28-23(25(31)27-21-9-5-4-6-10-21)17-18-8-7-11-22(16-18)29(32)33/h4-17H,1-3H3,(H,27,31)(H,28,30)/b23-17+. The van der Waals surface area contributed by atoms with Gasteiger partial charge in [-0.15, -0.1) is 0 Å². The molecule has 0 bridgehead atoms. The smallest absolute Gasteiger partial charge is 0.272 e. The fraction of sp³-hybridized carbons (Fsp3) is 0.154. The van der Waals surface area contributed by atoms with Gasteiger partial charge in [0.1, 0.15) is 5.70 Å². The molecule has 7 heteroatoms. The van der Waals surface area contributed by atoms with E-state index in [0.29, 0.717) is 16.8 Å². The van der Waals surface area contributed by atoms with Crippen LogP contribution in [0.2, 0.25) is 0 Å². The highest BCUT2D eigenvalue weighted by molar-refractivity contribution is 6.10. The average Bonchev–Trinajstić information content (AvgIpc) is 2.79. The van der Waals surface area contributed by atoms with Crippen LogP contribution in [0.15, 0.2) is 84.6 Å². The van der Waals surface area contributed by atoms with Gasteiger partial charge in [-0.2, -0.15) is 0 Å². The minimum atomic E-state index is -0.549. The minimum Gasteiger partial charge on any atom is -0.321 e. The van der Waals surface area contributed by atoms with Crippen molar-refractivity contribution in [1.29, 1.82) is 0 Å². The van der Waals surface area contributed by atoms with E-state index in [-0.39, 0.29) is 16.8 Å². The van der Waals surface area contributed by atoms with Gasteiger partial charge in [-0.25, -0.2) is 0 Å². The third-order valence-corrected chi connectivity index (χ3v) is 4.93. The normalized spacial score (nSPS) is 11.5. The molecule has 0 aromatic heterocycles. The summed E-state index contributed by atoms with van der Waals surface area (Å²) in [6, 6.07) is 21.8. The van der Waals surface area contributed by atoms with Crippen molar-refractivity contribution in [3.8, 4) is 0 Å². The van der Waals surface area contributed by atoms with E-state index >= 15 is 0 Å². The molecule has 3 aromatic carbocycles. The summed E-state index contributed by atoms with van der Waals surface area (Å²) in [6.45, 7) is 6.24. The molecule has 33 heavy (non-hydrogen) atoms. The van der Waals surface area contributed by atoms with Crippen molar-refractivity contribution in [2.24, 2.45) is 0 Å². The SMILES string of the molecule is CC(C)(C)c1ccc(C(=O)N/C(=C/c2cccc([N+](=O)[O-])c2)C(=O)Nc2ccccc2)cc1. The highest BCUT2D eigenvalue weighted by Crippen LogP contribution is 2.22. The maximum atomic E-state index is 13.0. The lowest BCUT2D eigenvalue weighted by atomic mass is 9.87. The molecule has 7 nitrogen and oxygen atoms in total. The zero-order chi connectivity index (χ0) is 24.0. The molecule has 0 saturated heterocycles. The van der Waals surface area contributed by atoms with Gasteiger partial charge in [0, 0.05) is 23.4 Å². The Morgan fingerprint density at radius 3 is 2.18 bits per heavy atom. The van der Waals surface area contributed by atoms with Gasteiger partial charge in [0.15, 0.2) is 0 Å². The summed E-state index contributed by atoms with van der Waals surface area (Å²) in [5.41, 5.74) is 2.22. The van der Waals surface area contributed by atoms with Crippen LogP contribution in [0.3, 0.4) is 0 Å². The summed E-state index contributed by atoms with van der Waals surface area (Å²) < 4.78 is 0. The molecule has 0 unspecified atom stereocenters. The number of carbonyl (C=O) groups is 2. The van der Waals surface area contributed by atoms with Crippen LogP contribution in [0.5, 0.6) is 0 Å². The first-order chi connectivity index (χ1) is 15.6. The van der Waals surface area contributed by atoms with Crippen LogP contribution in [0.25, 0.3) is 6.08 Å². The third-order valence-electron chi connectivity index (χ3n) is 4.93. The fourth-order valence-corrected chi connectivity index (χ4v) is 3.09. The summed E-state index contributed by atoms with van der Waals surface area (Å²) in [5, 5.41) is 16.5. The van der Waals surface area contributed by atoms with Gasteiger partial charge in [-0.3, -0.25) is 19.7 Å². The number of nitro benzene ring substituents is 1. The minimum absolute atomic E-state index is 0.0377. The lowest BCUT2D eigenvalue weighted by molar-refractivity contribution is -0.384. The second-order valence-corrected chi connectivity index (χ2v) is 8.51. The van der Waals surface area contributed by atoms with E-state index in [1.165, 1.54) is 24.3 Å². The van der Waals surface area contributed by atoms with Crippen molar-refractivity contribution in [2.45, 2.75) is 26.2 Å². The van der Waals surface area contributed by atoms with E-state index in [4.69, 9.17) is 0 Å². The molecular formula is C26H25N3O4. The van der Waals surface area contributed by atoms with Crippen LogP contribution in [0.4, 0.5) is 11.4 Å². The Morgan fingerprint density at radius 2 is 1.58 bits per heavy atom. The summed E-state index contributed by atoms with van der Waals surface area (Å²) in [4.78, 5) is 36.5. The zero-order valence-electron chi connectivity index (χ0n) is 18.7. The number of amides is 2. The predicted molar refractivity (Wildman–Crippen MR) is 129 cm³/mol. The average molecular weight is 444 g/mol. The highest BCUT2D eigenvalue weighted by atomic mass is 16.6. The van der Waals surface area contributed by atoms with E-state index in [9.17, 15) is 19.7 Å². The number of anilines is 1. The number of nitro groups is 1. The molecular weight excluding hydrogens is 418 g/mol. The van der Waals surface area contributed by atoms with Crippen molar-refractivity contribution < 1.29 is 14.5 Å². The first kappa shape index (κ1) is 23.4. The van der Waals surface area contributed by atoms with Gasteiger partial charge < -0.3 is 10.6 Å². The number of carbonyl (C=O) groups excluding carboxylic acids is 2. The van der Waals surface area contributed by atoms with Gasteiger partial charge in [0.2, 0.25) is 0 Å². The molecule has 0 atom stereocenters. The topological polar surface area (TPSA) is 101 Å². The Balaban J connectivity index is 1.91. The largest absolute Gasteiger partial charge is 0.321 e. The number of non-ortho nitro benzene ring substituents is 1. The maximum Gasteiger partial charge on any atom is 0.272 e. The molecule has 2 N–H and O–H groups in total. The second-order valence-electron chi connectivity index (χ2n) is 8.51. The van der Waals surface area contributed by atoms with E-state index in [1.54, 1.807) is 42.5 Å². The Labute approximate surface area is 192 Å². The number of benzene rings is 3. The molecule has 0 fully saturated rings. The van der Waals surface area contributed by atoms with Gasteiger partial charge >= 0.3 is 0 Å². The first-order valence-corrected chi connectivity index (χ1v) is 10.4. The summed E-state index contributed by atoms with van der Waals surface area (Å²) in [7, 11) is 0. The van der Waals surface area contributed by atoms with E-state index < -0.39 is 16.7 Å². The molecule has 0 heterocycles. The molecule has 0 aliphatic carbocycles. The van der Waals surface area contributed by atoms with Crippen LogP contribution in [-0.4, -0.2) is 16.7 Å². The van der Waals surface area contributed by atoms with Gasteiger partial charge in [0.05, 0.1) is 4.92 Å². The molecule has 0 aliphatic rings. The maximum absolute atomic E-state index is 13.0. The quantitative estimate of drug-likeness (QED) is 0.306. The zero-order valence-corrected chi connectivity index (χ0v) is 18.7. The third kappa shape index (κ3) is 6.36. The number of rotatable bonds is 6. The second kappa shape index (κ2) is 9.91. The summed E-state index contributed by atoms with van der Waals surface area (Å²) >= 11 is 0. The van der Waals surface area contributed by atoms with Crippen LogP contribution in [-0.2, 0) is 10.2 Å². The Bertz CT molecular complexity index is 1190. The number of hydrogen-bond donors (Lipinski definition) is 2. The molecule has 3 aromatic rings. The number of nitrogens with zero attached hydrogens (tertiary/aromatic N) is 1. The molecule has 0 aliphatic heterocycles. The highest BCUT2D eigenvalue weighted by Gasteiger charge is 2.18. The lowest BCUT2D eigenvalue weighted by Gasteiger charge is -2.19. The van der Waals surface area contributed by atoms with Crippen molar-refractivity contribution in [3.05, 3.63) is 111 Å². The number of para-hydroxylation sites is 1. The van der Waals surface area contributed by atoms with Crippen LogP contribution in [0, 0.1) is 10.1 Å². The molecule has 0 saturated carbocycles. The summed E-state index contributed by atoms with van der Waals surface area (Å²) in [6.07, 6.45) is 1.41. The van der Waals surface area contributed by atoms with E-state index in [2.05, 4.69) is 31.4 Å². The lowest BCUT2D eigenvalue weighted by Crippen LogP contribution is -2.30. The van der Waals surface area contributed by atoms with Crippen molar-refractivity contribution in [3.63, 3.8) is 0 Å². The van der Waals surface area contributed by atoms with Crippen LogP contribution < -0.4 is 10.6 Å². The Kier molecular flexibility index (Phi) is 7.03. The first-order valence-electron chi connectivity index (χ1n) is 10.4. The summed E-state index contributed by atoms with van der Waals surface area (Å²) in [5.74, 6) is -1.01. The number of nitrogens with one attached hydrogen (secondary N) is 2. The van der Waals surface area contributed by atoms with Gasteiger partial charge in [-0.05, 0) is 46.9 Å².